The molecule has 2 N–H and O–H groups in total. The van der Waals surface area contributed by atoms with Crippen LogP contribution in [0.5, 0.6) is 5.75 Å². The number of carbonyl (C=O) groups is 1. The molecule has 0 aliphatic heterocycles. The Hall–Kier alpha value is -1.42. The first kappa shape index (κ1) is 13.6. The molecule has 1 rings (SSSR count). The van der Waals surface area contributed by atoms with Gasteiger partial charge in [0.2, 0.25) is 0 Å². The molecule has 0 radical (unpaired) electrons. The predicted molar refractivity (Wildman–Crippen MR) is 68.6 cm³/mol. The summed E-state index contributed by atoms with van der Waals surface area (Å²) in [4.78, 5) is 11.2. The van der Waals surface area contributed by atoms with Crippen LogP contribution < -0.4 is 15.4 Å². The van der Waals surface area contributed by atoms with Crippen LogP contribution in [0.4, 0.5) is 4.79 Å². The van der Waals surface area contributed by atoms with Gasteiger partial charge < -0.3 is 15.4 Å². The molecular weight excluding hydrogens is 240 g/mol. The number of para-hydroxylation sites is 1. The maximum Gasteiger partial charge on any atom is 0.315 e. The highest BCUT2D eigenvalue weighted by molar-refractivity contribution is 6.32. The molecule has 17 heavy (non-hydrogen) atoms. The second-order valence-corrected chi connectivity index (χ2v) is 4.24. The number of amides is 2. The Balaban J connectivity index is 2.21. The Morgan fingerprint density at radius 2 is 2.12 bits per heavy atom. The molecule has 0 aromatic heterocycles. The Morgan fingerprint density at radius 3 is 2.76 bits per heavy atom. The van der Waals surface area contributed by atoms with E-state index in [-0.39, 0.29) is 12.1 Å². The fourth-order valence-electron chi connectivity index (χ4n) is 1.20. The van der Waals surface area contributed by atoms with Gasteiger partial charge in [0.25, 0.3) is 0 Å². The molecule has 1 aromatic carbocycles. The smallest absolute Gasteiger partial charge is 0.315 e. The maximum atomic E-state index is 11.2. The summed E-state index contributed by atoms with van der Waals surface area (Å²) in [6.07, 6.45) is 0. The van der Waals surface area contributed by atoms with E-state index >= 15 is 0 Å². The maximum absolute atomic E-state index is 11.2. The second-order valence-electron chi connectivity index (χ2n) is 3.83. The molecule has 0 aliphatic rings. The van der Waals surface area contributed by atoms with Gasteiger partial charge in [-0.1, -0.05) is 23.7 Å². The normalized spacial score (nSPS) is 10.1. The van der Waals surface area contributed by atoms with Gasteiger partial charge in [-0.05, 0) is 26.0 Å². The average molecular weight is 257 g/mol. The van der Waals surface area contributed by atoms with Gasteiger partial charge in [-0.25, -0.2) is 4.79 Å². The fourth-order valence-corrected chi connectivity index (χ4v) is 1.39. The van der Waals surface area contributed by atoms with Gasteiger partial charge in [-0.15, -0.1) is 0 Å². The van der Waals surface area contributed by atoms with Crippen molar-refractivity contribution in [3.8, 4) is 5.75 Å². The van der Waals surface area contributed by atoms with Crippen molar-refractivity contribution >= 4 is 17.6 Å². The van der Waals surface area contributed by atoms with Crippen molar-refractivity contribution in [3.05, 3.63) is 29.3 Å². The predicted octanol–water partition coefficient (Wildman–Crippen LogP) is 2.43. The largest absolute Gasteiger partial charge is 0.490 e. The first-order valence-electron chi connectivity index (χ1n) is 5.51. The summed E-state index contributed by atoms with van der Waals surface area (Å²) >= 11 is 5.91. The van der Waals surface area contributed by atoms with E-state index in [1.54, 1.807) is 12.1 Å². The highest BCUT2D eigenvalue weighted by Gasteiger charge is 2.02. The van der Waals surface area contributed by atoms with Crippen LogP contribution in [0.1, 0.15) is 13.8 Å². The zero-order valence-electron chi connectivity index (χ0n) is 10.00. The van der Waals surface area contributed by atoms with Crippen molar-refractivity contribution in [2.45, 2.75) is 19.9 Å². The van der Waals surface area contributed by atoms with Crippen LogP contribution in [0.25, 0.3) is 0 Å². The number of hydrogen-bond acceptors (Lipinski definition) is 2. The zero-order valence-corrected chi connectivity index (χ0v) is 10.8. The number of benzene rings is 1. The summed E-state index contributed by atoms with van der Waals surface area (Å²) in [6, 6.07) is 7.16. The van der Waals surface area contributed by atoms with E-state index in [0.29, 0.717) is 23.9 Å². The van der Waals surface area contributed by atoms with Crippen molar-refractivity contribution < 1.29 is 9.53 Å². The molecule has 5 heteroatoms. The van der Waals surface area contributed by atoms with Gasteiger partial charge in [0, 0.05) is 6.04 Å². The highest BCUT2D eigenvalue weighted by Crippen LogP contribution is 2.22. The standard InChI is InChI=1S/C12H17ClN2O2/c1-9(2)15-12(16)14-7-8-17-11-6-4-3-5-10(11)13/h3-6,9H,7-8H2,1-2H3,(H2,14,15,16). The van der Waals surface area contributed by atoms with E-state index in [0.717, 1.165) is 0 Å². The number of carbonyl (C=O) groups excluding carboxylic acids is 1. The molecule has 0 saturated heterocycles. The van der Waals surface area contributed by atoms with E-state index in [1.807, 2.05) is 26.0 Å². The molecular formula is C12H17ClN2O2. The van der Waals surface area contributed by atoms with Crippen LogP contribution in [0.15, 0.2) is 24.3 Å². The highest BCUT2D eigenvalue weighted by atomic mass is 35.5. The van der Waals surface area contributed by atoms with Gasteiger partial charge in [0.15, 0.2) is 0 Å². The molecule has 4 nitrogen and oxygen atoms in total. The molecule has 1 aromatic rings. The number of rotatable bonds is 5. The molecule has 0 bridgehead atoms. The Morgan fingerprint density at radius 1 is 1.41 bits per heavy atom. The Labute approximate surface area is 106 Å². The van der Waals surface area contributed by atoms with Crippen LogP contribution in [0.2, 0.25) is 5.02 Å². The number of hydrogen-bond donors (Lipinski definition) is 2. The minimum atomic E-state index is -0.192. The molecule has 0 aliphatic carbocycles. The Kier molecular flexibility index (Phi) is 5.63. The first-order chi connectivity index (χ1) is 8.09. The molecule has 2 amide bonds. The van der Waals surface area contributed by atoms with Crippen molar-refractivity contribution in [1.82, 2.24) is 10.6 Å². The molecule has 0 saturated carbocycles. The summed E-state index contributed by atoms with van der Waals surface area (Å²) in [5.41, 5.74) is 0. The number of halogens is 1. The second kappa shape index (κ2) is 7.01. The van der Waals surface area contributed by atoms with E-state index in [4.69, 9.17) is 16.3 Å². The van der Waals surface area contributed by atoms with E-state index < -0.39 is 0 Å². The molecule has 0 fully saturated rings. The van der Waals surface area contributed by atoms with Crippen molar-refractivity contribution in [2.75, 3.05) is 13.2 Å². The summed E-state index contributed by atoms with van der Waals surface area (Å²) in [6.45, 7) is 4.62. The lowest BCUT2D eigenvalue weighted by molar-refractivity contribution is 0.234. The van der Waals surface area contributed by atoms with E-state index in [2.05, 4.69) is 10.6 Å². The minimum absolute atomic E-state index is 0.125. The zero-order chi connectivity index (χ0) is 12.7. The lowest BCUT2D eigenvalue weighted by Gasteiger charge is -2.11. The summed E-state index contributed by atoms with van der Waals surface area (Å²) in [7, 11) is 0. The van der Waals surface area contributed by atoms with Crippen molar-refractivity contribution in [2.24, 2.45) is 0 Å². The number of nitrogens with one attached hydrogen (secondary N) is 2. The van der Waals surface area contributed by atoms with Crippen molar-refractivity contribution in [3.63, 3.8) is 0 Å². The van der Waals surface area contributed by atoms with Gasteiger partial charge in [0.05, 0.1) is 11.6 Å². The van der Waals surface area contributed by atoms with Crippen molar-refractivity contribution in [1.29, 1.82) is 0 Å². The SMILES string of the molecule is CC(C)NC(=O)NCCOc1ccccc1Cl. The summed E-state index contributed by atoms with van der Waals surface area (Å²) in [5, 5.41) is 5.98. The summed E-state index contributed by atoms with van der Waals surface area (Å²) in [5.74, 6) is 0.625. The number of urea groups is 1. The van der Waals surface area contributed by atoms with Crippen LogP contribution in [0.3, 0.4) is 0 Å². The molecule has 0 heterocycles. The quantitative estimate of drug-likeness (QED) is 0.795. The molecule has 0 atom stereocenters. The Bertz CT molecular complexity index is 369. The molecule has 0 unspecified atom stereocenters. The third kappa shape index (κ3) is 5.45. The fraction of sp³-hybridized carbons (Fsp3) is 0.417. The third-order valence-corrected chi connectivity index (χ3v) is 2.21. The van der Waals surface area contributed by atoms with Crippen LogP contribution in [0, 0.1) is 0 Å². The summed E-state index contributed by atoms with van der Waals surface area (Å²) < 4.78 is 5.42. The van der Waals surface area contributed by atoms with E-state index in [1.165, 1.54) is 0 Å². The van der Waals surface area contributed by atoms with Gasteiger partial charge in [0.1, 0.15) is 12.4 Å². The lowest BCUT2D eigenvalue weighted by atomic mass is 10.3. The van der Waals surface area contributed by atoms with Gasteiger partial charge in [-0.2, -0.15) is 0 Å². The van der Waals surface area contributed by atoms with Gasteiger partial charge >= 0.3 is 6.03 Å². The number of ether oxygens (including phenoxy) is 1. The van der Waals surface area contributed by atoms with E-state index in [9.17, 15) is 4.79 Å². The van der Waals surface area contributed by atoms with Crippen LogP contribution in [-0.2, 0) is 0 Å². The lowest BCUT2D eigenvalue weighted by Crippen LogP contribution is -2.41. The first-order valence-corrected chi connectivity index (χ1v) is 5.89. The third-order valence-electron chi connectivity index (χ3n) is 1.90. The van der Waals surface area contributed by atoms with Crippen LogP contribution in [-0.4, -0.2) is 25.2 Å². The minimum Gasteiger partial charge on any atom is -0.490 e. The topological polar surface area (TPSA) is 50.4 Å². The average Bonchev–Trinajstić information content (AvgIpc) is 2.25. The van der Waals surface area contributed by atoms with Crippen LogP contribution >= 0.6 is 11.6 Å². The molecule has 94 valence electrons. The monoisotopic (exact) mass is 256 g/mol. The molecule has 0 spiro atoms. The van der Waals surface area contributed by atoms with Gasteiger partial charge in [-0.3, -0.25) is 0 Å².